The first kappa shape index (κ1) is 52.2. The van der Waals surface area contributed by atoms with Gasteiger partial charge in [-0.25, -0.2) is 0 Å². The van der Waals surface area contributed by atoms with Gasteiger partial charge < -0.3 is 14.4 Å². The van der Waals surface area contributed by atoms with E-state index in [1.54, 1.807) is 0 Å². The summed E-state index contributed by atoms with van der Waals surface area (Å²) >= 11 is 0. The average molecular weight is 1110 g/mol. The Morgan fingerprint density at radius 2 is 0.718 bits per heavy atom. The molecule has 0 bridgehead atoms. The summed E-state index contributed by atoms with van der Waals surface area (Å²) in [6.07, 6.45) is 12.7. The number of anilines is 3. The van der Waals surface area contributed by atoms with Crippen molar-refractivity contribution in [1.82, 2.24) is 0 Å². The summed E-state index contributed by atoms with van der Waals surface area (Å²) in [6, 6.07) is 81.9. The van der Waals surface area contributed by atoms with E-state index in [0.29, 0.717) is 11.8 Å². The lowest BCUT2D eigenvalue weighted by atomic mass is 9.64. The molecule has 2 heterocycles. The summed E-state index contributed by atoms with van der Waals surface area (Å²) in [5, 5.41) is 0. The van der Waals surface area contributed by atoms with Gasteiger partial charge in [0.25, 0.3) is 0 Å². The normalized spacial score (nSPS) is 16.9. The molecule has 3 heteroatoms. The number of benzene rings is 10. The smallest absolute Gasteiger partial charge is 0.132 e. The third kappa shape index (κ3) is 8.05. The molecule has 0 unspecified atom stereocenters. The van der Waals surface area contributed by atoms with E-state index in [0.717, 1.165) is 45.6 Å². The fourth-order valence-electron chi connectivity index (χ4n) is 16.4. The number of hydrogen-bond acceptors (Lipinski definition) is 3. The lowest BCUT2D eigenvalue weighted by molar-refractivity contribution is 0.424. The van der Waals surface area contributed by atoms with Crippen LogP contribution in [0.15, 0.2) is 212 Å². The first-order valence-corrected chi connectivity index (χ1v) is 31.8. The van der Waals surface area contributed by atoms with E-state index in [4.69, 9.17) is 9.47 Å². The van der Waals surface area contributed by atoms with Gasteiger partial charge in [0, 0.05) is 39.3 Å². The molecule has 0 N–H and O–H groups in total. The van der Waals surface area contributed by atoms with Crippen LogP contribution in [0, 0.1) is 0 Å². The number of fused-ring (bicyclic) bond motifs is 18. The molecular formula is C82H75NO2. The minimum absolute atomic E-state index is 0.0788. The van der Waals surface area contributed by atoms with Crippen LogP contribution in [0.1, 0.15) is 184 Å². The Morgan fingerprint density at radius 3 is 1.28 bits per heavy atom. The number of hydrogen-bond donors (Lipinski definition) is 0. The van der Waals surface area contributed by atoms with Crippen LogP contribution in [0.2, 0.25) is 0 Å². The van der Waals surface area contributed by atoms with Crippen LogP contribution in [0.4, 0.5) is 17.1 Å². The lowest BCUT2D eigenvalue weighted by Crippen LogP contribution is -2.33. The zero-order valence-electron chi connectivity index (χ0n) is 50.2. The van der Waals surface area contributed by atoms with Crippen LogP contribution >= 0.6 is 0 Å². The average Bonchev–Trinajstić information content (AvgIpc) is 1.61. The van der Waals surface area contributed by atoms with Crippen LogP contribution in [-0.4, -0.2) is 0 Å². The van der Waals surface area contributed by atoms with Crippen molar-refractivity contribution in [3.8, 4) is 56.4 Å². The third-order valence-corrected chi connectivity index (χ3v) is 20.7. The van der Waals surface area contributed by atoms with Gasteiger partial charge in [0.05, 0.1) is 10.8 Å². The quantitative estimate of drug-likeness (QED) is 0.166. The highest BCUT2D eigenvalue weighted by molar-refractivity contribution is 5.94. The van der Waals surface area contributed by atoms with Crippen LogP contribution in [0.25, 0.3) is 33.4 Å². The second kappa shape index (κ2) is 19.6. The Morgan fingerprint density at radius 1 is 0.318 bits per heavy atom. The minimum atomic E-state index is -0.693. The second-order valence-corrected chi connectivity index (χ2v) is 27.6. The molecule has 2 fully saturated rings. The fraction of sp³-hybridized carbons (Fsp3) is 0.268. The van der Waals surface area contributed by atoms with Crippen molar-refractivity contribution in [1.29, 1.82) is 0 Å². The van der Waals surface area contributed by atoms with Gasteiger partial charge in [-0.15, -0.1) is 0 Å². The first-order chi connectivity index (χ1) is 41.4. The van der Waals surface area contributed by atoms with Gasteiger partial charge in [-0.2, -0.15) is 0 Å². The van der Waals surface area contributed by atoms with Gasteiger partial charge in [0.2, 0.25) is 0 Å². The molecule has 0 saturated heterocycles. The molecule has 0 radical (unpaired) electrons. The van der Waals surface area contributed by atoms with Crippen molar-refractivity contribution in [2.75, 3.05) is 4.90 Å². The standard InChI is InChI=1S/C82H75NO2/c1-79(2,3)58-34-40-64-65-41-35-59(80(4,5)6)49-70(65)82(69(64)48-58)68-28-18-19-29-75(68)84-78-45-39-62(51-74(78)82)83(60-36-30-55(31-37-60)52-20-10-7-11-21-52)61-38-42-66-63-26-16-17-27-67(63)81(71(66)50-61)72-46-56(53-22-12-8-13-23-53)32-43-76(72)85-77-44-33-57(47-73(77)81)54-24-14-9-15-25-54/h7,10-11,16-21,26-51,53-54H,8-9,12-15,22-25H2,1-6H3. The van der Waals surface area contributed by atoms with Gasteiger partial charge in [-0.1, -0.05) is 232 Å². The van der Waals surface area contributed by atoms with Crippen molar-refractivity contribution in [3.05, 3.63) is 279 Å². The monoisotopic (exact) mass is 1110 g/mol. The number of rotatable bonds is 6. The number of para-hydroxylation sites is 1. The van der Waals surface area contributed by atoms with Crippen molar-refractivity contribution in [2.24, 2.45) is 0 Å². The van der Waals surface area contributed by atoms with Crippen LogP contribution < -0.4 is 14.4 Å². The third-order valence-electron chi connectivity index (χ3n) is 20.7. The molecule has 2 spiro atoms. The summed E-state index contributed by atoms with van der Waals surface area (Å²) < 4.78 is 14.5. The van der Waals surface area contributed by atoms with Gasteiger partial charge in [-0.3, -0.25) is 0 Å². The summed E-state index contributed by atoms with van der Waals surface area (Å²) in [5.41, 5.74) is 24.9. The summed E-state index contributed by atoms with van der Waals surface area (Å²) in [5.74, 6) is 4.76. The molecule has 420 valence electrons. The molecule has 2 aliphatic heterocycles. The van der Waals surface area contributed by atoms with Crippen LogP contribution in [0.3, 0.4) is 0 Å². The van der Waals surface area contributed by atoms with Crippen molar-refractivity contribution in [2.45, 2.75) is 139 Å². The summed E-state index contributed by atoms with van der Waals surface area (Å²) in [4.78, 5) is 2.53. The van der Waals surface area contributed by atoms with Gasteiger partial charge in [-0.05, 0) is 187 Å². The maximum absolute atomic E-state index is 7.25. The predicted octanol–water partition coefficient (Wildman–Crippen LogP) is 22.5. The Kier molecular flexibility index (Phi) is 12.0. The van der Waals surface area contributed by atoms with Gasteiger partial charge in [0.15, 0.2) is 0 Å². The largest absolute Gasteiger partial charge is 0.457 e. The summed E-state index contributed by atoms with van der Waals surface area (Å²) in [7, 11) is 0. The topological polar surface area (TPSA) is 21.7 Å². The molecule has 16 rings (SSSR count). The van der Waals surface area contributed by atoms with E-state index in [1.165, 1.54) is 159 Å². The SMILES string of the molecule is CC(C)(C)c1ccc2c(c1)C1(c3ccccc3Oc3ccc(N(c4ccc(-c5ccccc5)cc4)c4ccc5c(c4)C4(c6cc(C7CCCCC7)ccc6Oc6ccc(C7CCCCC7)cc64)c4ccccc4-5)cc31)c1cc(C(C)(C)C)ccc1-2. The molecule has 0 aromatic heterocycles. The minimum Gasteiger partial charge on any atom is -0.457 e. The molecule has 0 atom stereocenters. The van der Waals surface area contributed by atoms with E-state index in [-0.39, 0.29) is 10.8 Å². The molecular weight excluding hydrogens is 1030 g/mol. The van der Waals surface area contributed by atoms with E-state index in [2.05, 4.69) is 259 Å². The maximum Gasteiger partial charge on any atom is 0.132 e. The molecule has 10 aromatic rings. The lowest BCUT2D eigenvalue weighted by Gasteiger charge is -2.41. The maximum atomic E-state index is 7.25. The second-order valence-electron chi connectivity index (χ2n) is 27.6. The first-order valence-electron chi connectivity index (χ1n) is 31.8. The van der Waals surface area contributed by atoms with Crippen molar-refractivity contribution in [3.63, 3.8) is 0 Å². The van der Waals surface area contributed by atoms with Crippen molar-refractivity contribution >= 4 is 17.1 Å². The van der Waals surface area contributed by atoms with Crippen LogP contribution in [-0.2, 0) is 21.7 Å². The molecule has 0 amide bonds. The molecule has 3 nitrogen and oxygen atoms in total. The van der Waals surface area contributed by atoms with E-state index in [9.17, 15) is 0 Å². The molecule has 10 aromatic carbocycles. The highest BCUT2D eigenvalue weighted by Crippen LogP contribution is 2.66. The zero-order chi connectivity index (χ0) is 57.4. The van der Waals surface area contributed by atoms with Gasteiger partial charge in [0.1, 0.15) is 23.0 Å². The predicted molar refractivity (Wildman–Crippen MR) is 350 cm³/mol. The molecule has 85 heavy (non-hydrogen) atoms. The highest BCUT2D eigenvalue weighted by Gasteiger charge is 2.54. The Hall–Kier alpha value is -8.40. The summed E-state index contributed by atoms with van der Waals surface area (Å²) in [6.45, 7) is 14.0. The van der Waals surface area contributed by atoms with E-state index >= 15 is 0 Å². The van der Waals surface area contributed by atoms with E-state index in [1.807, 2.05) is 0 Å². The Balaban J connectivity index is 0.964. The number of nitrogens with zero attached hydrogens (tertiary/aromatic N) is 1. The van der Waals surface area contributed by atoms with E-state index < -0.39 is 10.8 Å². The van der Waals surface area contributed by atoms with Crippen molar-refractivity contribution < 1.29 is 9.47 Å². The Labute approximate surface area is 503 Å². The Bertz CT molecular complexity index is 4160. The highest BCUT2D eigenvalue weighted by atomic mass is 16.5. The molecule has 6 aliphatic rings. The van der Waals surface area contributed by atoms with Crippen LogP contribution in [0.5, 0.6) is 23.0 Å². The van der Waals surface area contributed by atoms with Gasteiger partial charge >= 0.3 is 0 Å². The molecule has 2 saturated carbocycles. The fourth-order valence-corrected chi connectivity index (χ4v) is 16.4. The number of ether oxygens (including phenoxy) is 2. The zero-order valence-corrected chi connectivity index (χ0v) is 50.2. The molecule has 4 aliphatic carbocycles.